The monoisotopic (exact) mass is 274 g/mol. The molecular weight excluding hydrogens is 252 g/mol. The molecule has 2 aromatic heterocycles. The van der Waals surface area contributed by atoms with Crippen molar-refractivity contribution in [1.29, 1.82) is 0 Å². The average molecular weight is 274 g/mol. The van der Waals surface area contributed by atoms with E-state index in [1.807, 2.05) is 25.4 Å². The summed E-state index contributed by atoms with van der Waals surface area (Å²) in [4.78, 5) is 8.55. The van der Waals surface area contributed by atoms with Crippen LogP contribution in [0.5, 0.6) is 0 Å². The van der Waals surface area contributed by atoms with Crippen molar-refractivity contribution in [2.45, 2.75) is 39.7 Å². The van der Waals surface area contributed by atoms with Gasteiger partial charge in [-0.2, -0.15) is 4.98 Å². The summed E-state index contributed by atoms with van der Waals surface area (Å²) >= 11 is 0. The minimum atomic E-state index is 0.146. The number of pyridine rings is 1. The zero-order valence-electron chi connectivity index (χ0n) is 12.6. The van der Waals surface area contributed by atoms with Crippen molar-refractivity contribution in [3.05, 3.63) is 41.8 Å². The lowest BCUT2D eigenvalue weighted by atomic mass is 9.85. The highest BCUT2D eigenvalue weighted by molar-refractivity contribution is 5.13. The van der Waals surface area contributed by atoms with Gasteiger partial charge in [-0.1, -0.05) is 32.0 Å². The van der Waals surface area contributed by atoms with Crippen LogP contribution in [0.15, 0.2) is 29.0 Å². The molecule has 108 valence electrons. The second-order valence-electron chi connectivity index (χ2n) is 6.05. The molecule has 0 spiro atoms. The van der Waals surface area contributed by atoms with Gasteiger partial charge in [0.15, 0.2) is 5.82 Å². The second-order valence-corrected chi connectivity index (χ2v) is 6.05. The molecule has 0 aromatic carbocycles. The molecule has 0 aliphatic carbocycles. The maximum atomic E-state index is 5.34. The van der Waals surface area contributed by atoms with Crippen LogP contribution in [0.1, 0.15) is 38.0 Å². The summed E-state index contributed by atoms with van der Waals surface area (Å²) in [6.45, 7) is 6.59. The summed E-state index contributed by atoms with van der Waals surface area (Å²) in [6.07, 6.45) is 4.96. The molecule has 20 heavy (non-hydrogen) atoms. The van der Waals surface area contributed by atoms with Crippen molar-refractivity contribution >= 4 is 0 Å². The van der Waals surface area contributed by atoms with E-state index in [0.29, 0.717) is 24.2 Å². The minimum absolute atomic E-state index is 0.146. The molecule has 0 saturated heterocycles. The van der Waals surface area contributed by atoms with Crippen LogP contribution in [0.3, 0.4) is 0 Å². The Balaban J connectivity index is 2.02. The van der Waals surface area contributed by atoms with Gasteiger partial charge in [0.25, 0.3) is 0 Å². The molecule has 0 saturated carbocycles. The molecular formula is C15H22N4O. The molecule has 2 heterocycles. The Hall–Kier alpha value is -1.75. The van der Waals surface area contributed by atoms with E-state index in [-0.39, 0.29) is 5.41 Å². The van der Waals surface area contributed by atoms with Gasteiger partial charge in [0.05, 0.1) is 0 Å². The highest BCUT2D eigenvalue weighted by atomic mass is 16.5. The Morgan fingerprint density at radius 2 is 2.15 bits per heavy atom. The molecule has 1 unspecified atom stereocenters. The number of hydrogen-bond acceptors (Lipinski definition) is 5. The number of aromatic nitrogens is 3. The fourth-order valence-electron chi connectivity index (χ4n) is 2.15. The first-order valence-corrected chi connectivity index (χ1v) is 6.86. The highest BCUT2D eigenvalue weighted by Crippen LogP contribution is 2.21. The normalized spacial score (nSPS) is 13.4. The van der Waals surface area contributed by atoms with E-state index in [1.54, 1.807) is 6.20 Å². The van der Waals surface area contributed by atoms with Gasteiger partial charge in [-0.05, 0) is 24.1 Å². The van der Waals surface area contributed by atoms with E-state index in [0.717, 1.165) is 12.0 Å². The fraction of sp³-hybridized carbons (Fsp3) is 0.533. The van der Waals surface area contributed by atoms with Gasteiger partial charge in [-0.25, -0.2) is 0 Å². The quantitative estimate of drug-likeness (QED) is 0.905. The Kier molecular flexibility index (Phi) is 4.49. The summed E-state index contributed by atoms with van der Waals surface area (Å²) in [5, 5.41) is 7.35. The van der Waals surface area contributed by atoms with Crippen LogP contribution >= 0.6 is 0 Å². The number of nitrogens with zero attached hydrogens (tertiary/aromatic N) is 3. The molecule has 0 aliphatic heterocycles. The van der Waals surface area contributed by atoms with E-state index in [9.17, 15) is 0 Å². The second kappa shape index (κ2) is 6.13. The van der Waals surface area contributed by atoms with Crippen LogP contribution in [-0.4, -0.2) is 28.2 Å². The number of rotatable bonds is 5. The first kappa shape index (κ1) is 14.7. The Morgan fingerprint density at radius 3 is 2.75 bits per heavy atom. The number of nitrogens with one attached hydrogen (secondary N) is 1. The predicted molar refractivity (Wildman–Crippen MR) is 77.3 cm³/mol. The van der Waals surface area contributed by atoms with Crippen molar-refractivity contribution < 1.29 is 4.52 Å². The van der Waals surface area contributed by atoms with Gasteiger partial charge in [-0.15, -0.1) is 0 Å². The molecule has 2 aromatic rings. The molecule has 0 bridgehead atoms. The van der Waals surface area contributed by atoms with Crippen LogP contribution in [-0.2, 0) is 12.8 Å². The van der Waals surface area contributed by atoms with Crippen LogP contribution in [0, 0.1) is 5.41 Å². The van der Waals surface area contributed by atoms with Gasteiger partial charge in [0, 0.05) is 31.3 Å². The fourth-order valence-corrected chi connectivity index (χ4v) is 2.15. The van der Waals surface area contributed by atoms with Gasteiger partial charge < -0.3 is 9.84 Å². The summed E-state index contributed by atoms with van der Waals surface area (Å²) in [6, 6.07) is 4.22. The number of hydrogen-bond donors (Lipinski definition) is 1. The molecule has 5 nitrogen and oxygen atoms in total. The summed E-state index contributed by atoms with van der Waals surface area (Å²) in [7, 11) is 1.96. The van der Waals surface area contributed by atoms with Crippen molar-refractivity contribution in [3.8, 4) is 0 Å². The van der Waals surface area contributed by atoms with Crippen LogP contribution in [0.2, 0.25) is 0 Å². The summed E-state index contributed by atoms with van der Waals surface area (Å²) < 4.78 is 5.34. The summed E-state index contributed by atoms with van der Waals surface area (Å²) in [5.41, 5.74) is 1.23. The van der Waals surface area contributed by atoms with Gasteiger partial charge in [-0.3, -0.25) is 4.98 Å². The Morgan fingerprint density at radius 1 is 1.35 bits per heavy atom. The first-order chi connectivity index (χ1) is 9.49. The lowest BCUT2D eigenvalue weighted by Crippen LogP contribution is -2.39. The molecule has 0 amide bonds. The molecule has 2 rings (SSSR count). The van der Waals surface area contributed by atoms with Crippen LogP contribution in [0.25, 0.3) is 0 Å². The van der Waals surface area contributed by atoms with Crippen LogP contribution < -0.4 is 5.32 Å². The SMILES string of the molecule is CNC(Cc1nc(Cc2cccnc2)no1)C(C)(C)C. The standard InChI is InChI=1S/C15H22N4O/c1-15(2,3)12(16-4)9-14-18-13(19-20-14)8-11-6-5-7-17-10-11/h5-7,10,12,16H,8-9H2,1-4H3. The molecule has 1 atom stereocenters. The Bertz CT molecular complexity index is 530. The molecule has 0 radical (unpaired) electrons. The molecule has 0 aliphatic rings. The van der Waals surface area contributed by atoms with Crippen LogP contribution in [0.4, 0.5) is 0 Å². The zero-order valence-corrected chi connectivity index (χ0v) is 12.6. The van der Waals surface area contributed by atoms with E-state index < -0.39 is 0 Å². The third-order valence-corrected chi connectivity index (χ3v) is 3.37. The third kappa shape index (κ3) is 3.87. The van der Waals surface area contributed by atoms with E-state index in [4.69, 9.17) is 4.52 Å². The zero-order chi connectivity index (χ0) is 14.6. The Labute approximate surface area is 119 Å². The first-order valence-electron chi connectivity index (χ1n) is 6.86. The van der Waals surface area contributed by atoms with E-state index in [1.165, 1.54) is 0 Å². The van der Waals surface area contributed by atoms with Crippen molar-refractivity contribution in [2.24, 2.45) is 5.41 Å². The van der Waals surface area contributed by atoms with Gasteiger partial charge >= 0.3 is 0 Å². The molecule has 0 fully saturated rings. The third-order valence-electron chi connectivity index (χ3n) is 3.37. The smallest absolute Gasteiger partial charge is 0.228 e. The van der Waals surface area contributed by atoms with E-state index >= 15 is 0 Å². The largest absolute Gasteiger partial charge is 0.339 e. The molecule has 5 heteroatoms. The highest BCUT2D eigenvalue weighted by Gasteiger charge is 2.25. The minimum Gasteiger partial charge on any atom is -0.339 e. The van der Waals surface area contributed by atoms with Crippen molar-refractivity contribution in [2.75, 3.05) is 7.05 Å². The maximum absolute atomic E-state index is 5.34. The number of likely N-dealkylation sites (N-methyl/N-ethyl adjacent to an activating group) is 1. The molecule has 1 N–H and O–H groups in total. The van der Waals surface area contributed by atoms with Crippen molar-refractivity contribution in [1.82, 2.24) is 20.4 Å². The van der Waals surface area contributed by atoms with Gasteiger partial charge in [0.2, 0.25) is 5.89 Å². The lowest BCUT2D eigenvalue weighted by molar-refractivity contribution is 0.255. The maximum Gasteiger partial charge on any atom is 0.228 e. The lowest BCUT2D eigenvalue weighted by Gasteiger charge is -2.29. The van der Waals surface area contributed by atoms with Crippen molar-refractivity contribution in [3.63, 3.8) is 0 Å². The van der Waals surface area contributed by atoms with Gasteiger partial charge in [0.1, 0.15) is 0 Å². The average Bonchev–Trinajstić information content (AvgIpc) is 2.83. The topological polar surface area (TPSA) is 63.8 Å². The predicted octanol–water partition coefficient (Wildman–Crippen LogP) is 2.23. The van der Waals surface area contributed by atoms with E-state index in [2.05, 4.69) is 41.2 Å². The summed E-state index contributed by atoms with van der Waals surface area (Å²) in [5.74, 6) is 1.38.